The first kappa shape index (κ1) is 17.9. The zero-order valence-electron chi connectivity index (χ0n) is 14.2. The molecule has 1 fully saturated rings. The molecule has 2 N–H and O–H groups in total. The van der Waals surface area contributed by atoms with E-state index in [9.17, 15) is 14.4 Å². The van der Waals surface area contributed by atoms with E-state index >= 15 is 0 Å². The fourth-order valence-corrected chi connectivity index (χ4v) is 2.63. The maximum absolute atomic E-state index is 12.2. The lowest BCUT2D eigenvalue weighted by Gasteiger charge is -2.33. The van der Waals surface area contributed by atoms with Crippen LogP contribution in [0, 0.1) is 0 Å². The SMILES string of the molecule is CCNC(=O)c1cccc(NC(=O)CN2CCN(C(C)=O)CC2)c1. The summed E-state index contributed by atoms with van der Waals surface area (Å²) in [6.45, 7) is 6.92. The van der Waals surface area contributed by atoms with Crippen molar-refractivity contribution in [3.05, 3.63) is 29.8 Å². The van der Waals surface area contributed by atoms with Crippen LogP contribution < -0.4 is 10.6 Å². The lowest BCUT2D eigenvalue weighted by Crippen LogP contribution is -2.49. The van der Waals surface area contributed by atoms with Crippen LogP contribution in [0.2, 0.25) is 0 Å². The molecule has 0 radical (unpaired) electrons. The molecular formula is C17H24N4O3. The second-order valence-corrected chi connectivity index (χ2v) is 5.77. The van der Waals surface area contributed by atoms with E-state index in [4.69, 9.17) is 0 Å². The predicted octanol–water partition coefficient (Wildman–Crippen LogP) is 0.539. The van der Waals surface area contributed by atoms with Crippen LogP contribution in [-0.4, -0.2) is 66.8 Å². The van der Waals surface area contributed by atoms with Crippen LogP contribution in [0.4, 0.5) is 5.69 Å². The van der Waals surface area contributed by atoms with Gasteiger partial charge in [0.1, 0.15) is 0 Å². The van der Waals surface area contributed by atoms with Gasteiger partial charge in [0.05, 0.1) is 6.54 Å². The minimum absolute atomic E-state index is 0.0706. The van der Waals surface area contributed by atoms with Gasteiger partial charge in [-0.15, -0.1) is 0 Å². The average Bonchev–Trinajstić information content (AvgIpc) is 2.55. The third kappa shape index (κ3) is 5.06. The Labute approximate surface area is 142 Å². The van der Waals surface area contributed by atoms with E-state index in [-0.39, 0.29) is 24.3 Å². The maximum atomic E-state index is 12.2. The molecule has 1 aliphatic heterocycles. The van der Waals surface area contributed by atoms with Gasteiger partial charge in [-0.25, -0.2) is 0 Å². The Morgan fingerprint density at radius 1 is 1.12 bits per heavy atom. The molecule has 1 heterocycles. The molecule has 1 aromatic carbocycles. The molecule has 130 valence electrons. The molecule has 1 aromatic rings. The summed E-state index contributed by atoms with van der Waals surface area (Å²) in [5, 5.41) is 5.55. The quantitative estimate of drug-likeness (QED) is 0.824. The van der Waals surface area contributed by atoms with Crippen molar-refractivity contribution in [1.82, 2.24) is 15.1 Å². The molecule has 7 heteroatoms. The standard InChI is InChI=1S/C17H24N4O3/c1-3-18-17(24)14-5-4-6-15(11-14)19-16(23)12-20-7-9-21(10-8-20)13(2)22/h4-6,11H,3,7-10,12H2,1-2H3,(H,18,24)(H,19,23). The lowest BCUT2D eigenvalue weighted by atomic mass is 10.2. The van der Waals surface area contributed by atoms with Crippen LogP contribution in [0.1, 0.15) is 24.2 Å². The molecule has 0 aromatic heterocycles. The summed E-state index contributed by atoms with van der Waals surface area (Å²) in [5.41, 5.74) is 1.12. The molecule has 2 rings (SSSR count). The summed E-state index contributed by atoms with van der Waals surface area (Å²) in [5.74, 6) is -0.213. The summed E-state index contributed by atoms with van der Waals surface area (Å²) in [6, 6.07) is 6.87. The van der Waals surface area contributed by atoms with Crippen LogP contribution in [0.25, 0.3) is 0 Å². The molecule has 24 heavy (non-hydrogen) atoms. The van der Waals surface area contributed by atoms with Crippen LogP contribution in [-0.2, 0) is 9.59 Å². The highest BCUT2D eigenvalue weighted by molar-refractivity contribution is 5.97. The second-order valence-electron chi connectivity index (χ2n) is 5.77. The van der Waals surface area contributed by atoms with Gasteiger partial charge in [0.25, 0.3) is 5.91 Å². The van der Waals surface area contributed by atoms with Crippen molar-refractivity contribution < 1.29 is 14.4 Å². The number of carbonyl (C=O) groups excluding carboxylic acids is 3. The van der Waals surface area contributed by atoms with Crippen molar-refractivity contribution >= 4 is 23.4 Å². The van der Waals surface area contributed by atoms with Gasteiger partial charge < -0.3 is 15.5 Å². The predicted molar refractivity (Wildman–Crippen MR) is 91.8 cm³/mol. The Morgan fingerprint density at radius 2 is 1.83 bits per heavy atom. The Hall–Kier alpha value is -2.41. The summed E-state index contributed by atoms with van der Waals surface area (Å²) < 4.78 is 0. The first-order valence-electron chi connectivity index (χ1n) is 8.15. The summed E-state index contributed by atoms with van der Waals surface area (Å²) >= 11 is 0. The Kier molecular flexibility index (Phi) is 6.31. The van der Waals surface area contributed by atoms with Gasteiger partial charge in [-0.2, -0.15) is 0 Å². The summed E-state index contributed by atoms with van der Waals surface area (Å²) in [4.78, 5) is 39.1. The smallest absolute Gasteiger partial charge is 0.251 e. The van der Waals surface area contributed by atoms with Gasteiger partial charge in [0.2, 0.25) is 11.8 Å². The maximum Gasteiger partial charge on any atom is 0.251 e. The fourth-order valence-electron chi connectivity index (χ4n) is 2.63. The molecule has 0 saturated carbocycles. The number of piperazine rings is 1. The highest BCUT2D eigenvalue weighted by Gasteiger charge is 2.20. The average molecular weight is 332 g/mol. The third-order valence-electron chi connectivity index (χ3n) is 3.93. The lowest BCUT2D eigenvalue weighted by molar-refractivity contribution is -0.130. The third-order valence-corrected chi connectivity index (χ3v) is 3.93. The van der Waals surface area contributed by atoms with Gasteiger partial charge in [-0.05, 0) is 25.1 Å². The van der Waals surface area contributed by atoms with Crippen molar-refractivity contribution in [2.24, 2.45) is 0 Å². The van der Waals surface area contributed by atoms with E-state index in [1.165, 1.54) is 0 Å². The van der Waals surface area contributed by atoms with Gasteiger partial charge in [-0.3, -0.25) is 19.3 Å². The van der Waals surface area contributed by atoms with Crippen molar-refractivity contribution in [1.29, 1.82) is 0 Å². The molecule has 0 spiro atoms. The van der Waals surface area contributed by atoms with E-state index in [2.05, 4.69) is 10.6 Å². The molecule has 0 atom stereocenters. The fraction of sp³-hybridized carbons (Fsp3) is 0.471. The highest BCUT2D eigenvalue weighted by Crippen LogP contribution is 2.11. The van der Waals surface area contributed by atoms with Gasteiger partial charge in [0.15, 0.2) is 0 Å². The minimum Gasteiger partial charge on any atom is -0.352 e. The number of rotatable bonds is 5. The van der Waals surface area contributed by atoms with Crippen LogP contribution in [0.3, 0.4) is 0 Å². The van der Waals surface area contributed by atoms with Crippen LogP contribution in [0.15, 0.2) is 24.3 Å². The molecule has 0 unspecified atom stereocenters. The number of carbonyl (C=O) groups is 3. The largest absolute Gasteiger partial charge is 0.352 e. The number of hydrogen-bond acceptors (Lipinski definition) is 4. The summed E-state index contributed by atoms with van der Waals surface area (Å²) in [6.07, 6.45) is 0. The van der Waals surface area contributed by atoms with Crippen molar-refractivity contribution in [2.45, 2.75) is 13.8 Å². The van der Waals surface area contributed by atoms with Gasteiger partial charge in [-0.1, -0.05) is 6.07 Å². The molecule has 1 saturated heterocycles. The number of anilines is 1. The van der Waals surface area contributed by atoms with Gasteiger partial charge >= 0.3 is 0 Å². The molecule has 3 amide bonds. The van der Waals surface area contributed by atoms with E-state index in [0.717, 1.165) is 0 Å². The molecule has 7 nitrogen and oxygen atoms in total. The first-order valence-corrected chi connectivity index (χ1v) is 8.15. The molecular weight excluding hydrogens is 308 g/mol. The Balaban J connectivity index is 1.86. The Bertz CT molecular complexity index is 610. The van der Waals surface area contributed by atoms with E-state index in [0.29, 0.717) is 44.0 Å². The highest BCUT2D eigenvalue weighted by atomic mass is 16.2. The van der Waals surface area contributed by atoms with Crippen molar-refractivity contribution in [2.75, 3.05) is 44.6 Å². The van der Waals surface area contributed by atoms with Crippen molar-refractivity contribution in [3.63, 3.8) is 0 Å². The first-order chi connectivity index (χ1) is 11.5. The van der Waals surface area contributed by atoms with Crippen LogP contribution >= 0.6 is 0 Å². The zero-order chi connectivity index (χ0) is 17.5. The Morgan fingerprint density at radius 3 is 2.46 bits per heavy atom. The molecule has 0 bridgehead atoms. The van der Waals surface area contributed by atoms with E-state index < -0.39 is 0 Å². The normalized spacial score (nSPS) is 15.0. The van der Waals surface area contributed by atoms with Gasteiger partial charge in [0, 0.05) is 50.9 Å². The number of hydrogen-bond donors (Lipinski definition) is 2. The molecule has 1 aliphatic rings. The minimum atomic E-state index is -0.158. The van der Waals surface area contributed by atoms with Crippen LogP contribution in [0.5, 0.6) is 0 Å². The second kappa shape index (κ2) is 8.44. The number of benzene rings is 1. The van der Waals surface area contributed by atoms with Crippen molar-refractivity contribution in [3.8, 4) is 0 Å². The number of nitrogens with zero attached hydrogens (tertiary/aromatic N) is 2. The zero-order valence-corrected chi connectivity index (χ0v) is 14.2. The topological polar surface area (TPSA) is 81.8 Å². The molecule has 0 aliphatic carbocycles. The summed E-state index contributed by atoms with van der Waals surface area (Å²) in [7, 11) is 0. The van der Waals surface area contributed by atoms with E-state index in [1.54, 1.807) is 36.1 Å². The number of nitrogens with one attached hydrogen (secondary N) is 2. The van der Waals surface area contributed by atoms with E-state index in [1.807, 2.05) is 11.8 Å². The number of amides is 3. The monoisotopic (exact) mass is 332 g/mol.